The van der Waals surface area contributed by atoms with Gasteiger partial charge in [-0.25, -0.2) is 9.97 Å². The van der Waals surface area contributed by atoms with Crippen LogP contribution in [0.15, 0.2) is 68.7 Å². The van der Waals surface area contributed by atoms with Gasteiger partial charge in [-0.2, -0.15) is 0 Å². The number of imide groups is 1. The first-order valence-corrected chi connectivity index (χ1v) is 22.0. The number of ether oxygens (including phenoxy) is 11. The Balaban J connectivity index is 1.00. The van der Waals surface area contributed by atoms with Gasteiger partial charge in [-0.05, 0) is 37.1 Å². The fourth-order valence-corrected chi connectivity index (χ4v) is 6.83. The topological polar surface area (TPSA) is 202 Å². The van der Waals surface area contributed by atoms with Crippen LogP contribution >= 0.6 is 23.5 Å². The average Bonchev–Trinajstić information content (AvgIpc) is 3.48. The van der Waals surface area contributed by atoms with Crippen molar-refractivity contribution >= 4 is 41.3 Å². The van der Waals surface area contributed by atoms with Gasteiger partial charge in [-0.3, -0.25) is 19.3 Å². The molecule has 1 N–H and O–H groups in total. The summed E-state index contributed by atoms with van der Waals surface area (Å²) in [5.41, 5.74) is 0. The molecule has 20 heteroatoms. The molecule has 18 nitrogen and oxygen atoms in total. The molecule has 1 aliphatic heterocycles. The molecule has 0 saturated carbocycles. The molecule has 3 rings (SSSR count). The van der Waals surface area contributed by atoms with E-state index >= 15 is 0 Å². The van der Waals surface area contributed by atoms with E-state index in [4.69, 9.17) is 57.2 Å². The molecule has 0 aromatic carbocycles. The molecule has 0 saturated heterocycles. The number of carbonyl (C=O) groups excluding carboxylic acids is 2. The Kier molecular flexibility index (Phi) is 31.2. The zero-order chi connectivity index (χ0) is 43.3. The predicted molar refractivity (Wildman–Crippen MR) is 224 cm³/mol. The van der Waals surface area contributed by atoms with Gasteiger partial charge in [0.2, 0.25) is 0 Å². The summed E-state index contributed by atoms with van der Waals surface area (Å²) in [6.07, 6.45) is 4.40. The smallest absolute Gasteiger partial charge is 0.303 e. The van der Waals surface area contributed by atoms with E-state index in [1.54, 1.807) is 36.7 Å². The zero-order valence-electron chi connectivity index (χ0n) is 34.8. The summed E-state index contributed by atoms with van der Waals surface area (Å²) in [5.74, 6) is -1.50. The summed E-state index contributed by atoms with van der Waals surface area (Å²) >= 11 is 2.37. The number of nitrogens with zero attached hydrogens (tertiary/aromatic N) is 3. The van der Waals surface area contributed by atoms with Crippen molar-refractivity contribution in [3.63, 3.8) is 0 Å². The van der Waals surface area contributed by atoms with Crippen LogP contribution in [0.2, 0.25) is 0 Å². The number of aromatic nitrogens is 2. The Morgan fingerprint density at radius 1 is 0.459 bits per heavy atom. The fraction of sp³-hybridized carbons (Fsp3) is 0.634. The van der Waals surface area contributed by atoms with E-state index in [9.17, 15) is 14.4 Å². The number of pyridine rings is 2. The Morgan fingerprint density at radius 3 is 1.03 bits per heavy atom. The summed E-state index contributed by atoms with van der Waals surface area (Å²) < 4.78 is 60.3. The molecule has 2 aromatic heterocycles. The molecule has 0 fully saturated rings. The maximum atomic E-state index is 13.3. The monoisotopic (exact) mass is 899 g/mol. The van der Waals surface area contributed by atoms with Gasteiger partial charge in [-0.15, -0.1) is 0 Å². The minimum absolute atomic E-state index is 0.111. The lowest BCUT2D eigenvalue weighted by Crippen LogP contribution is -2.33. The first kappa shape index (κ1) is 52.3. The number of rotatable bonds is 42. The van der Waals surface area contributed by atoms with Gasteiger partial charge >= 0.3 is 5.97 Å². The number of carboxylic acids is 1. The summed E-state index contributed by atoms with van der Waals surface area (Å²) in [5, 5.41) is 9.82. The van der Waals surface area contributed by atoms with Crippen LogP contribution < -0.4 is 0 Å². The maximum Gasteiger partial charge on any atom is 0.303 e. The first-order valence-electron chi connectivity index (χ1n) is 20.4. The van der Waals surface area contributed by atoms with E-state index in [-0.39, 0.29) is 24.8 Å². The van der Waals surface area contributed by atoms with Gasteiger partial charge in [-0.1, -0.05) is 35.7 Å². The summed E-state index contributed by atoms with van der Waals surface area (Å²) in [7, 11) is 0. The minimum atomic E-state index is -0.819. The van der Waals surface area contributed by atoms with E-state index in [1.807, 2.05) is 12.1 Å². The Bertz CT molecular complexity index is 1400. The SMILES string of the molecule is O=C(O)CCCOCCOCCOCCOCCOCCOCCOCCOCCOCCOCCOCCCN1C(=O)C(Sc2ccccn2)=C(Sc2ccccn2)C1=O. The summed E-state index contributed by atoms with van der Waals surface area (Å²) in [4.78, 5) is 47.6. The third-order valence-electron chi connectivity index (χ3n) is 7.84. The highest BCUT2D eigenvalue weighted by atomic mass is 32.2. The van der Waals surface area contributed by atoms with Crippen LogP contribution in [0.25, 0.3) is 0 Å². The van der Waals surface area contributed by atoms with Crippen molar-refractivity contribution in [2.75, 3.05) is 152 Å². The van der Waals surface area contributed by atoms with E-state index < -0.39 is 5.97 Å². The van der Waals surface area contributed by atoms with Crippen LogP contribution in [0, 0.1) is 0 Å². The molecular formula is C41H61N3O15S2. The standard InChI is InChI=1S/C41H61N3O15S2/c45-37(46)9-5-13-49-15-17-51-19-21-53-23-25-55-27-29-57-31-33-59-34-32-58-30-28-56-26-24-54-22-20-52-18-16-50-14-6-12-44-40(47)38(60-35-7-1-3-10-42-35)39(41(44)48)61-36-8-2-4-11-43-36/h1-4,7-8,10-11H,5-6,9,12-34H2,(H,45,46). The highest BCUT2D eigenvalue weighted by molar-refractivity contribution is 8.08. The Morgan fingerprint density at radius 2 is 0.754 bits per heavy atom. The highest BCUT2D eigenvalue weighted by Gasteiger charge is 2.39. The second-order valence-corrected chi connectivity index (χ2v) is 14.6. The largest absolute Gasteiger partial charge is 0.481 e. The van der Waals surface area contributed by atoms with Crippen LogP contribution in [-0.2, 0) is 66.5 Å². The van der Waals surface area contributed by atoms with Crippen molar-refractivity contribution in [1.82, 2.24) is 14.9 Å². The third-order valence-corrected chi connectivity index (χ3v) is 10.0. The molecule has 342 valence electrons. The van der Waals surface area contributed by atoms with Crippen molar-refractivity contribution in [2.24, 2.45) is 0 Å². The van der Waals surface area contributed by atoms with Crippen molar-refractivity contribution in [3.05, 3.63) is 58.6 Å². The molecule has 1 aliphatic rings. The van der Waals surface area contributed by atoms with Crippen molar-refractivity contribution in [1.29, 1.82) is 0 Å². The van der Waals surface area contributed by atoms with Gasteiger partial charge in [0.05, 0.1) is 142 Å². The molecule has 0 aliphatic carbocycles. The number of hydrogen-bond donors (Lipinski definition) is 1. The Labute approximate surface area is 366 Å². The van der Waals surface area contributed by atoms with Gasteiger partial charge in [0, 0.05) is 38.6 Å². The molecule has 0 atom stereocenters. The second kappa shape index (κ2) is 36.4. The number of carbonyl (C=O) groups is 3. The molecule has 0 radical (unpaired) electrons. The maximum absolute atomic E-state index is 13.3. The number of amides is 2. The fourth-order valence-electron chi connectivity index (χ4n) is 4.89. The number of carboxylic acid groups (broad SMARTS) is 1. The molecule has 0 spiro atoms. The second-order valence-electron chi connectivity index (χ2n) is 12.5. The van der Waals surface area contributed by atoms with Crippen molar-refractivity contribution in [2.45, 2.75) is 29.3 Å². The molecule has 0 unspecified atom stereocenters. The van der Waals surface area contributed by atoms with Gasteiger partial charge in [0.25, 0.3) is 11.8 Å². The van der Waals surface area contributed by atoms with E-state index in [1.165, 1.54) is 28.4 Å². The van der Waals surface area contributed by atoms with Gasteiger partial charge in [0.15, 0.2) is 0 Å². The minimum Gasteiger partial charge on any atom is -0.481 e. The summed E-state index contributed by atoms with van der Waals surface area (Å²) in [6.45, 7) is 10.0. The quantitative estimate of drug-likeness (QED) is 0.0750. The molecule has 61 heavy (non-hydrogen) atoms. The lowest BCUT2D eigenvalue weighted by atomic mass is 10.3. The zero-order valence-corrected chi connectivity index (χ0v) is 36.5. The van der Waals surface area contributed by atoms with E-state index in [0.29, 0.717) is 178 Å². The van der Waals surface area contributed by atoms with E-state index in [0.717, 1.165) is 0 Å². The van der Waals surface area contributed by atoms with Crippen LogP contribution in [0.5, 0.6) is 0 Å². The first-order chi connectivity index (χ1) is 30.1. The average molecular weight is 900 g/mol. The van der Waals surface area contributed by atoms with Crippen LogP contribution in [0.4, 0.5) is 0 Å². The molecule has 3 heterocycles. The van der Waals surface area contributed by atoms with Gasteiger partial charge in [0.1, 0.15) is 10.1 Å². The van der Waals surface area contributed by atoms with Crippen molar-refractivity contribution < 1.29 is 71.6 Å². The molecular weight excluding hydrogens is 839 g/mol. The highest BCUT2D eigenvalue weighted by Crippen LogP contribution is 2.41. The molecule has 2 amide bonds. The normalized spacial score (nSPS) is 13.0. The van der Waals surface area contributed by atoms with Crippen LogP contribution in [-0.4, -0.2) is 190 Å². The van der Waals surface area contributed by atoms with Crippen molar-refractivity contribution in [3.8, 4) is 0 Å². The third kappa shape index (κ3) is 26.2. The van der Waals surface area contributed by atoms with Gasteiger partial charge < -0.3 is 57.2 Å². The number of hydrogen-bond acceptors (Lipinski definition) is 18. The Hall–Kier alpha value is -3.09. The number of thioether (sulfide) groups is 2. The summed E-state index contributed by atoms with van der Waals surface area (Å²) in [6, 6.07) is 10.9. The molecule has 2 aromatic rings. The number of aliphatic carboxylic acids is 1. The van der Waals surface area contributed by atoms with Crippen LogP contribution in [0.3, 0.4) is 0 Å². The predicted octanol–water partition coefficient (Wildman–Crippen LogP) is 3.38. The lowest BCUT2D eigenvalue weighted by Gasteiger charge is -2.15. The van der Waals surface area contributed by atoms with E-state index in [2.05, 4.69) is 9.97 Å². The lowest BCUT2D eigenvalue weighted by molar-refractivity contribution is -0.138. The van der Waals surface area contributed by atoms with Crippen LogP contribution in [0.1, 0.15) is 19.3 Å². The molecule has 0 bridgehead atoms.